The van der Waals surface area contributed by atoms with Gasteiger partial charge in [-0.3, -0.25) is 0 Å². The highest BCUT2D eigenvalue weighted by molar-refractivity contribution is 9.10. The van der Waals surface area contributed by atoms with Crippen LogP contribution in [0.5, 0.6) is 0 Å². The Hall–Kier alpha value is -0.590. The normalized spacial score (nSPS) is 13.5. The van der Waals surface area contributed by atoms with Gasteiger partial charge >= 0.3 is 6.18 Å². The van der Waals surface area contributed by atoms with E-state index in [-0.39, 0.29) is 12.5 Å². The largest absolute Gasteiger partial charge is 0.411 e. The number of nitrogens with two attached hydrogens (primary N) is 1. The lowest BCUT2D eigenvalue weighted by atomic mass is 9.95. The highest BCUT2D eigenvalue weighted by atomic mass is 79.9. The van der Waals surface area contributed by atoms with Crippen molar-refractivity contribution < 1.29 is 17.9 Å². The molecule has 0 heterocycles. The lowest BCUT2D eigenvalue weighted by Gasteiger charge is -2.15. The minimum Gasteiger partial charge on any atom is -0.372 e. The molecule has 0 aliphatic rings. The number of alkyl halides is 3. The maximum atomic E-state index is 11.9. The molecule has 1 unspecified atom stereocenters. The van der Waals surface area contributed by atoms with E-state index in [1.54, 1.807) is 0 Å². The van der Waals surface area contributed by atoms with Crippen LogP contribution in [-0.4, -0.2) is 25.9 Å². The Bertz CT molecular complexity index is 384. The lowest BCUT2D eigenvalue weighted by molar-refractivity contribution is -0.174. The smallest absolute Gasteiger partial charge is 0.372 e. The van der Waals surface area contributed by atoms with Crippen LogP contribution in [0.25, 0.3) is 0 Å². The van der Waals surface area contributed by atoms with Crippen molar-refractivity contribution in [3.8, 4) is 0 Å². The van der Waals surface area contributed by atoms with Crippen molar-refractivity contribution in [2.45, 2.75) is 24.9 Å². The fraction of sp³-hybridized carbons (Fsp3) is 0.538. The molecule has 0 aliphatic carbocycles. The first-order valence-electron chi connectivity index (χ1n) is 6.02. The summed E-state index contributed by atoms with van der Waals surface area (Å²) in [4.78, 5) is 0. The van der Waals surface area contributed by atoms with Crippen LogP contribution >= 0.6 is 15.9 Å². The average Bonchev–Trinajstić information content (AvgIpc) is 2.32. The Morgan fingerprint density at radius 1 is 1.32 bits per heavy atom. The third-order valence-electron chi connectivity index (χ3n) is 2.71. The summed E-state index contributed by atoms with van der Waals surface area (Å²) in [6.45, 7) is -0.614. The Morgan fingerprint density at radius 3 is 2.63 bits per heavy atom. The molecule has 0 aromatic heterocycles. The van der Waals surface area contributed by atoms with E-state index in [1.807, 2.05) is 24.3 Å². The summed E-state index contributed by atoms with van der Waals surface area (Å²) in [7, 11) is 0. The van der Waals surface area contributed by atoms with Crippen LogP contribution in [0.4, 0.5) is 13.2 Å². The summed E-state index contributed by atoms with van der Waals surface area (Å²) in [6.07, 6.45) is -2.98. The van der Waals surface area contributed by atoms with Crippen molar-refractivity contribution in [2.24, 2.45) is 5.73 Å². The van der Waals surface area contributed by atoms with Crippen LogP contribution in [0.1, 0.15) is 24.3 Å². The van der Waals surface area contributed by atoms with Gasteiger partial charge in [-0.05, 0) is 43.0 Å². The van der Waals surface area contributed by atoms with E-state index >= 15 is 0 Å². The summed E-state index contributed by atoms with van der Waals surface area (Å²) < 4.78 is 41.1. The third kappa shape index (κ3) is 6.94. The molecule has 0 fully saturated rings. The first kappa shape index (κ1) is 16.5. The summed E-state index contributed by atoms with van der Waals surface area (Å²) in [5.41, 5.74) is 6.79. The zero-order valence-electron chi connectivity index (χ0n) is 10.4. The van der Waals surface area contributed by atoms with Crippen LogP contribution in [-0.2, 0) is 4.74 Å². The monoisotopic (exact) mass is 339 g/mol. The molecular formula is C13H17BrF3NO. The first-order chi connectivity index (χ1) is 8.92. The first-order valence-corrected chi connectivity index (χ1v) is 6.81. The summed E-state index contributed by atoms with van der Waals surface area (Å²) in [5, 5.41) is 0. The van der Waals surface area contributed by atoms with Gasteiger partial charge < -0.3 is 10.5 Å². The Balaban J connectivity index is 2.34. The van der Waals surface area contributed by atoms with Gasteiger partial charge in [-0.25, -0.2) is 0 Å². The number of benzene rings is 1. The molecular weight excluding hydrogens is 323 g/mol. The van der Waals surface area contributed by atoms with E-state index in [9.17, 15) is 13.2 Å². The topological polar surface area (TPSA) is 35.2 Å². The molecule has 2 nitrogen and oxygen atoms in total. The number of hydrogen-bond acceptors (Lipinski definition) is 2. The fourth-order valence-corrected chi connectivity index (χ4v) is 2.22. The fourth-order valence-electron chi connectivity index (χ4n) is 1.80. The van der Waals surface area contributed by atoms with Gasteiger partial charge in [0.1, 0.15) is 6.61 Å². The molecule has 6 heteroatoms. The van der Waals surface area contributed by atoms with Crippen molar-refractivity contribution in [3.05, 3.63) is 34.3 Å². The predicted octanol–water partition coefficient (Wildman–Crippen LogP) is 3.85. The number of ether oxygens (including phenoxy) is 1. The average molecular weight is 340 g/mol. The second-order valence-corrected chi connectivity index (χ2v) is 5.21. The van der Waals surface area contributed by atoms with Crippen LogP contribution < -0.4 is 5.73 Å². The van der Waals surface area contributed by atoms with Crippen molar-refractivity contribution in [1.29, 1.82) is 0 Å². The highest BCUT2D eigenvalue weighted by Gasteiger charge is 2.27. The molecule has 0 amide bonds. The van der Waals surface area contributed by atoms with Crippen LogP contribution in [0.15, 0.2) is 28.7 Å². The zero-order chi connectivity index (χ0) is 14.3. The molecule has 108 valence electrons. The highest BCUT2D eigenvalue weighted by Crippen LogP contribution is 2.23. The summed E-state index contributed by atoms with van der Waals surface area (Å²) >= 11 is 3.38. The van der Waals surface area contributed by atoms with E-state index in [0.29, 0.717) is 19.4 Å². The minimum absolute atomic E-state index is 0.101. The van der Waals surface area contributed by atoms with Gasteiger partial charge in [0.25, 0.3) is 0 Å². The Kier molecular flexibility index (Phi) is 6.82. The molecule has 0 bridgehead atoms. The second-order valence-electron chi connectivity index (χ2n) is 4.30. The van der Waals surface area contributed by atoms with E-state index < -0.39 is 12.8 Å². The van der Waals surface area contributed by atoms with Gasteiger partial charge in [0.15, 0.2) is 0 Å². The quantitative estimate of drug-likeness (QED) is 0.766. The second kappa shape index (κ2) is 7.87. The van der Waals surface area contributed by atoms with E-state index in [2.05, 4.69) is 20.7 Å². The molecule has 0 aliphatic heterocycles. The number of hydrogen-bond donors (Lipinski definition) is 1. The molecule has 0 saturated carbocycles. The maximum Gasteiger partial charge on any atom is 0.411 e. The van der Waals surface area contributed by atoms with Crippen LogP contribution in [0.2, 0.25) is 0 Å². The predicted molar refractivity (Wildman–Crippen MR) is 72.0 cm³/mol. The Labute approximate surface area is 119 Å². The third-order valence-corrected chi connectivity index (χ3v) is 3.20. The summed E-state index contributed by atoms with van der Waals surface area (Å²) in [5.74, 6) is 0.145. The molecule has 1 aromatic rings. The molecule has 1 aromatic carbocycles. The van der Waals surface area contributed by atoms with Crippen molar-refractivity contribution in [1.82, 2.24) is 0 Å². The Morgan fingerprint density at radius 2 is 2.05 bits per heavy atom. The molecule has 1 rings (SSSR count). The number of halogens is 4. The van der Waals surface area contributed by atoms with Gasteiger partial charge in [-0.15, -0.1) is 0 Å². The molecule has 0 saturated heterocycles. The minimum atomic E-state index is -4.25. The van der Waals surface area contributed by atoms with E-state index in [1.165, 1.54) is 0 Å². The SMILES string of the molecule is NCC(CCCOCC(F)(F)F)c1cccc(Br)c1. The van der Waals surface area contributed by atoms with Gasteiger partial charge in [-0.2, -0.15) is 13.2 Å². The van der Waals surface area contributed by atoms with Gasteiger partial charge in [0.05, 0.1) is 0 Å². The standard InChI is InChI=1S/C13H17BrF3NO/c14-12-5-1-3-10(7-12)11(8-18)4-2-6-19-9-13(15,16)17/h1,3,5,7,11H,2,4,6,8-9,18H2. The van der Waals surface area contributed by atoms with Crippen molar-refractivity contribution in [2.75, 3.05) is 19.8 Å². The number of rotatable bonds is 7. The molecule has 0 radical (unpaired) electrons. The zero-order valence-corrected chi connectivity index (χ0v) is 12.0. The molecule has 0 spiro atoms. The molecule has 1 atom stereocenters. The van der Waals surface area contributed by atoms with Crippen LogP contribution in [0.3, 0.4) is 0 Å². The van der Waals surface area contributed by atoms with Gasteiger partial charge in [-0.1, -0.05) is 28.1 Å². The van der Waals surface area contributed by atoms with Crippen molar-refractivity contribution in [3.63, 3.8) is 0 Å². The van der Waals surface area contributed by atoms with Crippen molar-refractivity contribution >= 4 is 15.9 Å². The van der Waals surface area contributed by atoms with Gasteiger partial charge in [0, 0.05) is 11.1 Å². The van der Waals surface area contributed by atoms with E-state index in [0.717, 1.165) is 10.0 Å². The van der Waals surface area contributed by atoms with E-state index in [4.69, 9.17) is 5.73 Å². The maximum absolute atomic E-state index is 11.9. The van der Waals surface area contributed by atoms with Crippen LogP contribution in [0, 0.1) is 0 Å². The summed E-state index contributed by atoms with van der Waals surface area (Å²) in [6, 6.07) is 7.79. The molecule has 2 N–H and O–H groups in total. The van der Waals surface area contributed by atoms with Gasteiger partial charge in [0.2, 0.25) is 0 Å². The lowest BCUT2D eigenvalue weighted by Crippen LogP contribution is -2.18. The molecule has 19 heavy (non-hydrogen) atoms.